The van der Waals surface area contributed by atoms with Crippen molar-refractivity contribution < 1.29 is 0 Å². The predicted octanol–water partition coefficient (Wildman–Crippen LogP) is 2.19. The van der Waals surface area contributed by atoms with Gasteiger partial charge in [-0.15, -0.1) is 11.3 Å². The Kier molecular flexibility index (Phi) is 4.57. The molecule has 0 aliphatic carbocycles. The molecule has 0 radical (unpaired) electrons. The molecule has 0 N–H and O–H groups in total. The van der Waals surface area contributed by atoms with Gasteiger partial charge in [0.15, 0.2) is 0 Å². The van der Waals surface area contributed by atoms with Crippen LogP contribution >= 0.6 is 11.3 Å². The summed E-state index contributed by atoms with van der Waals surface area (Å²) in [6, 6.07) is 2.16. The van der Waals surface area contributed by atoms with Crippen molar-refractivity contribution in [2.75, 3.05) is 13.1 Å². The summed E-state index contributed by atoms with van der Waals surface area (Å²) in [6.07, 6.45) is 0.594. The van der Waals surface area contributed by atoms with Gasteiger partial charge in [0.1, 0.15) is 0 Å². The van der Waals surface area contributed by atoms with Gasteiger partial charge in [-0.1, -0.05) is 6.92 Å². The molecule has 14 heavy (non-hydrogen) atoms. The minimum atomic E-state index is 0.594. The molecule has 1 aromatic rings. The van der Waals surface area contributed by atoms with E-state index in [1.807, 2.05) is 6.92 Å². The number of aromatic nitrogens is 1. The van der Waals surface area contributed by atoms with E-state index in [9.17, 15) is 0 Å². The van der Waals surface area contributed by atoms with E-state index in [4.69, 9.17) is 5.26 Å². The Morgan fingerprint density at radius 1 is 1.64 bits per heavy atom. The molecule has 76 valence electrons. The smallest absolute Gasteiger partial charge is 0.0897 e. The molecule has 1 rings (SSSR count). The van der Waals surface area contributed by atoms with Crippen molar-refractivity contribution in [3.05, 3.63) is 16.1 Å². The molecule has 0 saturated heterocycles. The number of rotatable bonds is 5. The van der Waals surface area contributed by atoms with Gasteiger partial charge in [0, 0.05) is 24.9 Å². The zero-order valence-electron chi connectivity index (χ0n) is 8.66. The van der Waals surface area contributed by atoms with Gasteiger partial charge in [0.25, 0.3) is 0 Å². The van der Waals surface area contributed by atoms with E-state index >= 15 is 0 Å². The maximum atomic E-state index is 8.49. The predicted molar refractivity (Wildman–Crippen MR) is 58.0 cm³/mol. The zero-order chi connectivity index (χ0) is 10.4. The van der Waals surface area contributed by atoms with Gasteiger partial charge in [-0.25, -0.2) is 4.98 Å². The quantitative estimate of drug-likeness (QED) is 0.746. The molecule has 0 bridgehead atoms. The number of hydrogen-bond acceptors (Lipinski definition) is 4. The van der Waals surface area contributed by atoms with Gasteiger partial charge in [-0.3, -0.25) is 4.90 Å². The van der Waals surface area contributed by atoms with Crippen LogP contribution < -0.4 is 0 Å². The van der Waals surface area contributed by atoms with Crippen molar-refractivity contribution in [1.82, 2.24) is 9.88 Å². The maximum absolute atomic E-state index is 8.49. The highest BCUT2D eigenvalue weighted by molar-refractivity contribution is 7.09. The monoisotopic (exact) mass is 209 g/mol. The van der Waals surface area contributed by atoms with Gasteiger partial charge in [-0.2, -0.15) is 5.26 Å². The first-order chi connectivity index (χ1) is 6.76. The summed E-state index contributed by atoms with van der Waals surface area (Å²) in [7, 11) is 0. The molecule has 0 unspecified atom stereocenters. The number of aryl methyl sites for hydroxylation is 1. The molecule has 0 aliphatic heterocycles. The van der Waals surface area contributed by atoms with Crippen molar-refractivity contribution in [2.45, 2.75) is 26.8 Å². The van der Waals surface area contributed by atoms with Crippen molar-refractivity contribution >= 4 is 11.3 Å². The number of nitriles is 1. The Balaban J connectivity index is 2.44. The van der Waals surface area contributed by atoms with Crippen LogP contribution in [0, 0.1) is 18.3 Å². The fourth-order valence-corrected chi connectivity index (χ4v) is 1.87. The summed E-state index contributed by atoms with van der Waals surface area (Å²) in [6.45, 7) is 6.79. The van der Waals surface area contributed by atoms with Crippen LogP contribution in [0.2, 0.25) is 0 Å². The molecule has 4 heteroatoms. The third-order valence-electron chi connectivity index (χ3n) is 2.04. The van der Waals surface area contributed by atoms with E-state index < -0.39 is 0 Å². The summed E-state index contributed by atoms with van der Waals surface area (Å²) in [5, 5.41) is 11.7. The summed E-state index contributed by atoms with van der Waals surface area (Å²) in [4.78, 5) is 6.63. The second-order valence-corrected chi connectivity index (χ2v) is 4.20. The van der Waals surface area contributed by atoms with E-state index in [0.717, 1.165) is 30.3 Å². The summed E-state index contributed by atoms with van der Waals surface area (Å²) >= 11 is 1.68. The third kappa shape index (κ3) is 3.44. The van der Waals surface area contributed by atoms with Crippen LogP contribution in [0.4, 0.5) is 0 Å². The summed E-state index contributed by atoms with van der Waals surface area (Å²) in [5.74, 6) is 0. The minimum absolute atomic E-state index is 0.594. The second kappa shape index (κ2) is 5.74. The van der Waals surface area contributed by atoms with Crippen LogP contribution in [0.15, 0.2) is 5.38 Å². The Labute approximate surface area is 89.0 Å². The lowest BCUT2D eigenvalue weighted by Crippen LogP contribution is -2.23. The van der Waals surface area contributed by atoms with Crippen LogP contribution in [0.25, 0.3) is 0 Å². The van der Waals surface area contributed by atoms with Crippen molar-refractivity contribution in [1.29, 1.82) is 5.26 Å². The Morgan fingerprint density at radius 3 is 2.93 bits per heavy atom. The highest BCUT2D eigenvalue weighted by atomic mass is 32.1. The lowest BCUT2D eigenvalue weighted by molar-refractivity contribution is 0.284. The minimum Gasteiger partial charge on any atom is -0.297 e. The molecular weight excluding hydrogens is 194 g/mol. The van der Waals surface area contributed by atoms with Crippen LogP contribution in [-0.2, 0) is 6.54 Å². The normalized spacial score (nSPS) is 10.4. The highest BCUT2D eigenvalue weighted by Gasteiger charge is 2.05. The van der Waals surface area contributed by atoms with E-state index in [2.05, 4.69) is 28.3 Å². The molecule has 0 amide bonds. The molecule has 0 aromatic carbocycles. The average Bonchev–Trinajstić information content (AvgIpc) is 2.58. The van der Waals surface area contributed by atoms with Crippen molar-refractivity contribution in [2.24, 2.45) is 0 Å². The van der Waals surface area contributed by atoms with Crippen molar-refractivity contribution in [3.8, 4) is 6.07 Å². The Hall–Kier alpha value is -0.920. The van der Waals surface area contributed by atoms with Crippen LogP contribution in [0.5, 0.6) is 0 Å². The van der Waals surface area contributed by atoms with Crippen LogP contribution in [-0.4, -0.2) is 23.0 Å². The van der Waals surface area contributed by atoms with Crippen LogP contribution in [0.1, 0.15) is 24.0 Å². The topological polar surface area (TPSA) is 39.9 Å². The molecular formula is C10H15N3S. The fraction of sp³-hybridized carbons (Fsp3) is 0.600. The molecule has 1 aromatic heterocycles. The number of nitrogens with zero attached hydrogens (tertiary/aromatic N) is 3. The van der Waals surface area contributed by atoms with Gasteiger partial charge < -0.3 is 0 Å². The fourth-order valence-electron chi connectivity index (χ4n) is 1.27. The molecule has 3 nitrogen and oxygen atoms in total. The molecule has 1 heterocycles. The Bertz CT molecular complexity index is 313. The summed E-state index contributed by atoms with van der Waals surface area (Å²) < 4.78 is 0. The van der Waals surface area contributed by atoms with E-state index in [0.29, 0.717) is 6.42 Å². The molecule has 0 atom stereocenters. The SMILES string of the molecule is CCN(CCC#N)Cc1csc(C)n1. The molecule has 0 saturated carbocycles. The lowest BCUT2D eigenvalue weighted by atomic mass is 10.3. The van der Waals surface area contributed by atoms with Gasteiger partial charge in [0.05, 0.1) is 16.8 Å². The van der Waals surface area contributed by atoms with E-state index in [-0.39, 0.29) is 0 Å². The second-order valence-electron chi connectivity index (χ2n) is 3.13. The average molecular weight is 209 g/mol. The first-order valence-corrected chi connectivity index (χ1v) is 5.64. The van der Waals surface area contributed by atoms with Gasteiger partial charge >= 0.3 is 0 Å². The summed E-state index contributed by atoms with van der Waals surface area (Å²) in [5.41, 5.74) is 1.12. The van der Waals surface area contributed by atoms with E-state index in [1.54, 1.807) is 11.3 Å². The maximum Gasteiger partial charge on any atom is 0.0897 e. The third-order valence-corrected chi connectivity index (χ3v) is 2.86. The number of thiazole rings is 1. The Morgan fingerprint density at radius 2 is 2.43 bits per heavy atom. The highest BCUT2D eigenvalue weighted by Crippen LogP contribution is 2.10. The number of hydrogen-bond donors (Lipinski definition) is 0. The molecule has 0 fully saturated rings. The zero-order valence-corrected chi connectivity index (χ0v) is 9.47. The standard InChI is InChI=1S/C10H15N3S/c1-3-13(6-4-5-11)7-10-8-14-9(2)12-10/h8H,3-4,6-7H2,1-2H3. The van der Waals surface area contributed by atoms with E-state index in [1.165, 1.54) is 0 Å². The lowest BCUT2D eigenvalue weighted by Gasteiger charge is -2.16. The molecule has 0 spiro atoms. The van der Waals surface area contributed by atoms with Crippen molar-refractivity contribution in [3.63, 3.8) is 0 Å². The first kappa shape index (κ1) is 11.2. The van der Waals surface area contributed by atoms with Crippen LogP contribution in [0.3, 0.4) is 0 Å². The largest absolute Gasteiger partial charge is 0.297 e. The first-order valence-electron chi connectivity index (χ1n) is 4.76. The van der Waals surface area contributed by atoms with Gasteiger partial charge in [-0.05, 0) is 13.5 Å². The molecule has 0 aliphatic rings. The van der Waals surface area contributed by atoms with Gasteiger partial charge in [0.2, 0.25) is 0 Å².